The standard InChI is InChI=1S/C9H16N2S/c1-8-6-12-7-9(8)5-11-4-2-3-10/h6-7,11H,2-5,10H2,1H3. The van der Waals surface area contributed by atoms with Gasteiger partial charge in [0, 0.05) is 6.54 Å². The molecule has 1 rings (SSSR count). The minimum atomic E-state index is 0.773. The molecule has 0 aromatic carbocycles. The summed E-state index contributed by atoms with van der Waals surface area (Å²) in [4.78, 5) is 0. The first-order valence-corrected chi connectivity index (χ1v) is 5.21. The molecular weight excluding hydrogens is 168 g/mol. The van der Waals surface area contributed by atoms with Crippen molar-refractivity contribution in [2.24, 2.45) is 5.73 Å². The molecular formula is C9H16N2S. The van der Waals surface area contributed by atoms with Gasteiger partial charge in [0.1, 0.15) is 0 Å². The van der Waals surface area contributed by atoms with Crippen LogP contribution in [0.1, 0.15) is 17.5 Å². The van der Waals surface area contributed by atoms with Gasteiger partial charge in [0.2, 0.25) is 0 Å². The van der Waals surface area contributed by atoms with Crippen LogP contribution < -0.4 is 11.1 Å². The molecule has 0 aliphatic rings. The average Bonchev–Trinajstić information content (AvgIpc) is 2.46. The lowest BCUT2D eigenvalue weighted by Crippen LogP contribution is -2.17. The van der Waals surface area contributed by atoms with Crippen molar-refractivity contribution in [2.45, 2.75) is 19.9 Å². The summed E-state index contributed by atoms with van der Waals surface area (Å²) in [7, 11) is 0. The van der Waals surface area contributed by atoms with Gasteiger partial charge in [-0.15, -0.1) is 0 Å². The van der Waals surface area contributed by atoms with E-state index in [1.807, 2.05) is 0 Å². The van der Waals surface area contributed by atoms with Gasteiger partial charge in [0.25, 0.3) is 0 Å². The molecule has 0 radical (unpaired) electrons. The molecule has 68 valence electrons. The van der Waals surface area contributed by atoms with Gasteiger partial charge in [-0.05, 0) is 48.3 Å². The van der Waals surface area contributed by atoms with Gasteiger partial charge in [-0.3, -0.25) is 0 Å². The Labute approximate surface area is 77.8 Å². The Morgan fingerprint density at radius 3 is 2.92 bits per heavy atom. The number of hydrogen-bond acceptors (Lipinski definition) is 3. The fourth-order valence-corrected chi connectivity index (χ4v) is 1.88. The highest BCUT2D eigenvalue weighted by Gasteiger charge is 1.96. The molecule has 0 amide bonds. The minimum Gasteiger partial charge on any atom is -0.330 e. The van der Waals surface area contributed by atoms with Crippen LogP contribution in [0.25, 0.3) is 0 Å². The van der Waals surface area contributed by atoms with E-state index in [2.05, 4.69) is 23.0 Å². The van der Waals surface area contributed by atoms with Gasteiger partial charge in [-0.1, -0.05) is 0 Å². The number of thiophene rings is 1. The van der Waals surface area contributed by atoms with Crippen LogP contribution in [0.2, 0.25) is 0 Å². The van der Waals surface area contributed by atoms with Crippen LogP contribution in [0.3, 0.4) is 0 Å². The quantitative estimate of drug-likeness (QED) is 0.680. The number of rotatable bonds is 5. The van der Waals surface area contributed by atoms with Crippen LogP contribution in [0.4, 0.5) is 0 Å². The molecule has 0 unspecified atom stereocenters. The normalized spacial score (nSPS) is 10.5. The Hall–Kier alpha value is -0.380. The van der Waals surface area contributed by atoms with Crippen molar-refractivity contribution in [3.05, 3.63) is 21.9 Å². The molecule has 0 aliphatic heterocycles. The summed E-state index contributed by atoms with van der Waals surface area (Å²) in [6.07, 6.45) is 1.06. The van der Waals surface area contributed by atoms with Crippen LogP contribution in [-0.2, 0) is 6.54 Å². The van der Waals surface area contributed by atoms with Crippen LogP contribution in [0.15, 0.2) is 10.8 Å². The van der Waals surface area contributed by atoms with Crippen LogP contribution >= 0.6 is 11.3 Å². The lowest BCUT2D eigenvalue weighted by atomic mass is 10.2. The molecule has 0 saturated carbocycles. The summed E-state index contributed by atoms with van der Waals surface area (Å²) in [5, 5.41) is 7.74. The van der Waals surface area contributed by atoms with Crippen molar-refractivity contribution < 1.29 is 0 Å². The molecule has 12 heavy (non-hydrogen) atoms. The maximum atomic E-state index is 5.38. The SMILES string of the molecule is Cc1cscc1CNCCCN. The maximum Gasteiger partial charge on any atom is 0.0216 e. The van der Waals surface area contributed by atoms with E-state index in [0.717, 1.165) is 26.1 Å². The zero-order valence-electron chi connectivity index (χ0n) is 7.47. The third-order valence-electron chi connectivity index (χ3n) is 1.83. The number of hydrogen-bond donors (Lipinski definition) is 2. The summed E-state index contributed by atoms with van der Waals surface area (Å²) in [5.74, 6) is 0. The molecule has 0 spiro atoms. The first-order valence-electron chi connectivity index (χ1n) is 4.27. The van der Waals surface area contributed by atoms with Gasteiger partial charge >= 0.3 is 0 Å². The van der Waals surface area contributed by atoms with Gasteiger partial charge in [0.15, 0.2) is 0 Å². The first-order chi connectivity index (χ1) is 5.84. The first kappa shape index (κ1) is 9.71. The highest BCUT2D eigenvalue weighted by molar-refractivity contribution is 7.08. The Bertz CT molecular complexity index is 220. The third-order valence-corrected chi connectivity index (χ3v) is 2.74. The van der Waals surface area contributed by atoms with Crippen molar-refractivity contribution in [3.63, 3.8) is 0 Å². The lowest BCUT2D eigenvalue weighted by Gasteiger charge is -2.02. The van der Waals surface area contributed by atoms with Crippen LogP contribution in [0.5, 0.6) is 0 Å². The topological polar surface area (TPSA) is 38.0 Å². The maximum absolute atomic E-state index is 5.38. The second-order valence-electron chi connectivity index (χ2n) is 2.90. The second kappa shape index (κ2) is 5.30. The summed E-state index contributed by atoms with van der Waals surface area (Å²) in [6.45, 7) is 4.92. The Morgan fingerprint density at radius 2 is 2.33 bits per heavy atom. The third kappa shape index (κ3) is 2.93. The molecule has 0 bridgehead atoms. The summed E-state index contributed by atoms with van der Waals surface area (Å²) >= 11 is 1.77. The Morgan fingerprint density at radius 1 is 1.50 bits per heavy atom. The van der Waals surface area contributed by atoms with E-state index in [4.69, 9.17) is 5.73 Å². The van der Waals surface area contributed by atoms with Gasteiger partial charge < -0.3 is 11.1 Å². The zero-order chi connectivity index (χ0) is 8.81. The fourth-order valence-electron chi connectivity index (χ4n) is 1.02. The number of nitrogens with two attached hydrogens (primary N) is 1. The summed E-state index contributed by atoms with van der Waals surface area (Å²) in [6, 6.07) is 0. The van der Waals surface area contributed by atoms with E-state index in [1.165, 1.54) is 11.1 Å². The molecule has 1 aromatic heterocycles. The smallest absolute Gasteiger partial charge is 0.0216 e. The molecule has 0 aliphatic carbocycles. The largest absolute Gasteiger partial charge is 0.330 e. The van der Waals surface area contributed by atoms with E-state index in [1.54, 1.807) is 11.3 Å². The minimum absolute atomic E-state index is 0.773. The molecule has 0 atom stereocenters. The predicted molar refractivity (Wildman–Crippen MR) is 54.4 cm³/mol. The van der Waals surface area contributed by atoms with E-state index in [-0.39, 0.29) is 0 Å². The molecule has 3 N–H and O–H groups in total. The highest BCUT2D eigenvalue weighted by atomic mass is 32.1. The van der Waals surface area contributed by atoms with E-state index < -0.39 is 0 Å². The Kier molecular flexibility index (Phi) is 4.29. The second-order valence-corrected chi connectivity index (χ2v) is 3.64. The molecule has 3 heteroatoms. The van der Waals surface area contributed by atoms with E-state index >= 15 is 0 Å². The van der Waals surface area contributed by atoms with Crippen molar-refractivity contribution in [1.82, 2.24) is 5.32 Å². The van der Waals surface area contributed by atoms with Crippen molar-refractivity contribution >= 4 is 11.3 Å². The summed E-state index contributed by atoms with van der Waals surface area (Å²) < 4.78 is 0. The Balaban J connectivity index is 2.20. The van der Waals surface area contributed by atoms with E-state index in [0.29, 0.717) is 0 Å². The van der Waals surface area contributed by atoms with Crippen molar-refractivity contribution in [2.75, 3.05) is 13.1 Å². The van der Waals surface area contributed by atoms with Crippen LogP contribution in [0, 0.1) is 6.92 Å². The van der Waals surface area contributed by atoms with Crippen molar-refractivity contribution in [1.29, 1.82) is 0 Å². The molecule has 1 heterocycles. The predicted octanol–water partition coefficient (Wildman–Crippen LogP) is 1.49. The van der Waals surface area contributed by atoms with Gasteiger partial charge in [-0.25, -0.2) is 0 Å². The molecule has 0 saturated heterocycles. The molecule has 2 nitrogen and oxygen atoms in total. The van der Waals surface area contributed by atoms with Crippen molar-refractivity contribution in [3.8, 4) is 0 Å². The molecule has 0 fully saturated rings. The van der Waals surface area contributed by atoms with Gasteiger partial charge in [0.05, 0.1) is 0 Å². The van der Waals surface area contributed by atoms with Gasteiger partial charge in [-0.2, -0.15) is 11.3 Å². The lowest BCUT2D eigenvalue weighted by molar-refractivity contribution is 0.655. The van der Waals surface area contributed by atoms with Crippen LogP contribution in [-0.4, -0.2) is 13.1 Å². The summed E-state index contributed by atoms with van der Waals surface area (Å²) in [5.41, 5.74) is 8.18. The highest BCUT2D eigenvalue weighted by Crippen LogP contribution is 2.12. The number of aryl methyl sites for hydroxylation is 1. The fraction of sp³-hybridized carbons (Fsp3) is 0.556. The average molecular weight is 184 g/mol. The monoisotopic (exact) mass is 184 g/mol. The van der Waals surface area contributed by atoms with E-state index in [9.17, 15) is 0 Å². The molecule has 1 aromatic rings. The number of nitrogens with one attached hydrogen (secondary N) is 1. The zero-order valence-corrected chi connectivity index (χ0v) is 8.29.